The van der Waals surface area contributed by atoms with Crippen molar-refractivity contribution >= 4 is 28.2 Å². The van der Waals surface area contributed by atoms with Gasteiger partial charge in [0.2, 0.25) is 0 Å². The summed E-state index contributed by atoms with van der Waals surface area (Å²) in [7, 11) is 4.14. The van der Waals surface area contributed by atoms with Crippen LogP contribution < -0.4 is 10.9 Å². The smallest absolute Gasteiger partial charge is 0.253 e. The quantitative estimate of drug-likeness (QED) is 0.365. The van der Waals surface area contributed by atoms with E-state index in [-0.39, 0.29) is 5.56 Å². The second kappa shape index (κ2) is 11.4. The van der Waals surface area contributed by atoms with Gasteiger partial charge in [-0.2, -0.15) is 0 Å². The van der Waals surface area contributed by atoms with Crippen LogP contribution >= 0.6 is 12.2 Å². The van der Waals surface area contributed by atoms with Crippen LogP contribution in [-0.4, -0.2) is 53.6 Å². The van der Waals surface area contributed by atoms with Gasteiger partial charge in [-0.05, 0) is 95.1 Å². The number of H-pyrrole nitrogens is 1. The number of aryl methyl sites for hydroxylation is 3. The lowest BCUT2D eigenvalue weighted by atomic mass is 10.0. The molecule has 0 bridgehead atoms. The van der Waals surface area contributed by atoms with Crippen molar-refractivity contribution in [2.45, 2.75) is 40.2 Å². The molecule has 3 rings (SSSR count). The van der Waals surface area contributed by atoms with Gasteiger partial charge in [0.15, 0.2) is 5.11 Å². The number of nitrogens with one attached hydrogen (secondary N) is 2. The highest BCUT2D eigenvalue weighted by molar-refractivity contribution is 7.80. The molecule has 6 heteroatoms. The Morgan fingerprint density at radius 1 is 1.03 bits per heavy atom. The van der Waals surface area contributed by atoms with Crippen molar-refractivity contribution in [3.8, 4) is 0 Å². The minimum Gasteiger partial charge on any atom is -0.363 e. The Morgan fingerprint density at radius 3 is 2.55 bits per heavy atom. The molecule has 0 amide bonds. The monoisotopic (exact) mass is 464 g/mol. The molecule has 0 aliphatic rings. The molecule has 0 radical (unpaired) electrons. The summed E-state index contributed by atoms with van der Waals surface area (Å²) >= 11 is 5.76. The summed E-state index contributed by atoms with van der Waals surface area (Å²) in [6, 6.07) is 14.8. The van der Waals surface area contributed by atoms with E-state index in [9.17, 15) is 4.79 Å². The third-order valence-electron chi connectivity index (χ3n) is 5.83. The van der Waals surface area contributed by atoms with Gasteiger partial charge in [0.05, 0.1) is 12.1 Å². The topological polar surface area (TPSA) is 51.4 Å². The fourth-order valence-electron chi connectivity index (χ4n) is 4.14. The van der Waals surface area contributed by atoms with E-state index in [0.29, 0.717) is 11.7 Å². The van der Waals surface area contributed by atoms with Crippen molar-refractivity contribution in [3.05, 3.63) is 80.6 Å². The van der Waals surface area contributed by atoms with Crippen LogP contribution in [0.2, 0.25) is 0 Å². The fraction of sp³-hybridized carbons (Fsp3) is 0.407. The number of aromatic nitrogens is 1. The van der Waals surface area contributed by atoms with E-state index < -0.39 is 0 Å². The van der Waals surface area contributed by atoms with Gasteiger partial charge >= 0.3 is 0 Å². The highest BCUT2D eigenvalue weighted by Crippen LogP contribution is 2.19. The van der Waals surface area contributed by atoms with Gasteiger partial charge in [-0.15, -0.1) is 0 Å². The molecule has 0 saturated carbocycles. The van der Waals surface area contributed by atoms with E-state index in [4.69, 9.17) is 12.2 Å². The van der Waals surface area contributed by atoms with E-state index >= 15 is 0 Å². The molecule has 0 spiro atoms. The molecule has 2 N–H and O–H groups in total. The number of nitrogens with zero attached hydrogens (tertiary/aromatic N) is 2. The average Bonchev–Trinajstić information content (AvgIpc) is 2.74. The maximum absolute atomic E-state index is 12.9. The summed E-state index contributed by atoms with van der Waals surface area (Å²) < 4.78 is 0. The van der Waals surface area contributed by atoms with Crippen molar-refractivity contribution in [1.82, 2.24) is 20.1 Å². The third kappa shape index (κ3) is 7.14. The van der Waals surface area contributed by atoms with Gasteiger partial charge in [0.25, 0.3) is 5.56 Å². The van der Waals surface area contributed by atoms with E-state index in [1.54, 1.807) is 0 Å². The van der Waals surface area contributed by atoms with E-state index in [1.807, 2.05) is 13.0 Å². The molecule has 0 aliphatic heterocycles. The number of hydrogen-bond donors (Lipinski definition) is 2. The van der Waals surface area contributed by atoms with Gasteiger partial charge in [0.1, 0.15) is 0 Å². The molecule has 1 aromatic heterocycles. The van der Waals surface area contributed by atoms with Gasteiger partial charge in [-0.25, -0.2) is 0 Å². The Balaban J connectivity index is 1.81. The van der Waals surface area contributed by atoms with E-state index in [0.717, 1.165) is 54.5 Å². The first-order valence-electron chi connectivity index (χ1n) is 11.6. The Morgan fingerprint density at radius 2 is 1.82 bits per heavy atom. The zero-order valence-corrected chi connectivity index (χ0v) is 21.3. The summed E-state index contributed by atoms with van der Waals surface area (Å²) in [6.07, 6.45) is 1.87. The van der Waals surface area contributed by atoms with Crippen LogP contribution in [0.15, 0.2) is 47.3 Å². The number of thiocarbonyl (C=S) groups is 1. The standard InChI is InChI=1S/C27H36N4OS/c1-19-8-6-9-22(15-19)10-13-31(27(33)28-11-7-12-30(4)5)18-24-17-23-16-20(2)14-21(3)25(23)29-26(24)32/h6,8-9,14-17H,7,10-13,18H2,1-5H3,(H,28,33)(H,29,32). The largest absolute Gasteiger partial charge is 0.363 e. The van der Waals surface area contributed by atoms with Crippen LogP contribution in [0.25, 0.3) is 10.9 Å². The highest BCUT2D eigenvalue weighted by atomic mass is 32.1. The van der Waals surface area contributed by atoms with Crippen molar-refractivity contribution in [2.24, 2.45) is 0 Å². The molecule has 0 unspecified atom stereocenters. The maximum Gasteiger partial charge on any atom is 0.253 e. The second-order valence-corrected chi connectivity index (χ2v) is 9.61. The van der Waals surface area contributed by atoms with Crippen molar-refractivity contribution in [2.75, 3.05) is 33.7 Å². The van der Waals surface area contributed by atoms with Crippen LogP contribution in [-0.2, 0) is 13.0 Å². The Bertz CT molecular complexity index is 1170. The zero-order chi connectivity index (χ0) is 24.0. The molecular weight excluding hydrogens is 428 g/mol. The Labute approximate surface area is 202 Å². The molecule has 0 aliphatic carbocycles. The lowest BCUT2D eigenvalue weighted by Gasteiger charge is -2.26. The Kier molecular flexibility index (Phi) is 8.64. The van der Waals surface area contributed by atoms with Gasteiger partial charge in [0, 0.05) is 18.7 Å². The lowest BCUT2D eigenvalue weighted by molar-refractivity contribution is 0.388. The number of benzene rings is 2. The molecule has 5 nitrogen and oxygen atoms in total. The molecule has 176 valence electrons. The van der Waals surface area contributed by atoms with Crippen molar-refractivity contribution in [1.29, 1.82) is 0 Å². The third-order valence-corrected chi connectivity index (χ3v) is 6.23. The summed E-state index contributed by atoms with van der Waals surface area (Å²) in [5.41, 5.74) is 6.38. The summed E-state index contributed by atoms with van der Waals surface area (Å²) in [5.74, 6) is 0. The van der Waals surface area contributed by atoms with Crippen LogP contribution in [0.5, 0.6) is 0 Å². The number of pyridine rings is 1. The number of fused-ring (bicyclic) bond motifs is 1. The first kappa shape index (κ1) is 24.9. The number of hydrogen-bond acceptors (Lipinski definition) is 3. The first-order valence-corrected chi connectivity index (χ1v) is 12.0. The van der Waals surface area contributed by atoms with E-state index in [1.165, 1.54) is 16.7 Å². The molecular formula is C27H36N4OS. The minimum atomic E-state index is -0.0505. The zero-order valence-electron chi connectivity index (χ0n) is 20.5. The van der Waals surface area contributed by atoms with Gasteiger partial charge in [-0.1, -0.05) is 41.5 Å². The molecule has 1 heterocycles. The predicted molar refractivity (Wildman–Crippen MR) is 143 cm³/mol. The van der Waals surface area contributed by atoms with E-state index in [2.05, 4.69) is 84.4 Å². The molecule has 33 heavy (non-hydrogen) atoms. The normalized spacial score (nSPS) is 11.2. The fourth-order valence-corrected chi connectivity index (χ4v) is 4.40. The summed E-state index contributed by atoms with van der Waals surface area (Å²) in [6.45, 7) is 9.25. The predicted octanol–water partition coefficient (Wildman–Crippen LogP) is 4.32. The maximum atomic E-state index is 12.9. The highest BCUT2D eigenvalue weighted by Gasteiger charge is 2.14. The minimum absolute atomic E-state index is 0.0505. The molecule has 3 aromatic rings. The van der Waals surface area contributed by atoms with Crippen LogP contribution in [0.3, 0.4) is 0 Å². The Hall–Kier alpha value is -2.70. The number of rotatable bonds is 9. The SMILES string of the molecule is Cc1cccc(CCN(Cc2cc3cc(C)cc(C)c3[nH]c2=O)C(=S)NCCCN(C)C)c1. The number of aromatic amines is 1. The van der Waals surface area contributed by atoms with Crippen molar-refractivity contribution < 1.29 is 0 Å². The molecule has 0 saturated heterocycles. The van der Waals surface area contributed by atoms with Crippen LogP contribution in [0.4, 0.5) is 0 Å². The first-order chi connectivity index (χ1) is 15.7. The average molecular weight is 465 g/mol. The lowest BCUT2D eigenvalue weighted by Crippen LogP contribution is -2.42. The summed E-state index contributed by atoms with van der Waals surface area (Å²) in [4.78, 5) is 20.3. The van der Waals surface area contributed by atoms with Gasteiger partial charge in [-0.3, -0.25) is 4.79 Å². The molecule has 0 atom stereocenters. The van der Waals surface area contributed by atoms with Crippen LogP contribution in [0.1, 0.15) is 34.2 Å². The van der Waals surface area contributed by atoms with Crippen molar-refractivity contribution in [3.63, 3.8) is 0 Å². The van der Waals surface area contributed by atoms with Crippen LogP contribution in [0, 0.1) is 20.8 Å². The van der Waals surface area contributed by atoms with Gasteiger partial charge < -0.3 is 20.1 Å². The molecule has 0 fully saturated rings. The second-order valence-electron chi connectivity index (χ2n) is 9.22. The summed E-state index contributed by atoms with van der Waals surface area (Å²) in [5, 5.41) is 5.16. The molecule has 2 aromatic carbocycles.